The van der Waals surface area contributed by atoms with Crippen LogP contribution in [0.25, 0.3) is 0 Å². The molecule has 0 aromatic carbocycles. The summed E-state index contributed by atoms with van der Waals surface area (Å²) in [6, 6.07) is 0. The van der Waals surface area contributed by atoms with E-state index in [1.54, 1.807) is 6.08 Å². The van der Waals surface area contributed by atoms with E-state index in [0.717, 1.165) is 18.4 Å². The topological polar surface area (TPSA) is 97.7 Å². The molecule has 0 aromatic rings. The highest BCUT2D eigenvalue weighted by Crippen LogP contribution is 2.66. The molecule has 0 aliphatic heterocycles. The molecule has 0 saturated heterocycles. The van der Waals surface area contributed by atoms with Gasteiger partial charge in [-0.2, -0.15) is 0 Å². The average molecular weight is 417 g/mol. The van der Waals surface area contributed by atoms with E-state index in [-0.39, 0.29) is 47.1 Å². The Morgan fingerprint density at radius 3 is 2.60 bits per heavy atom. The first-order chi connectivity index (χ1) is 13.9. The van der Waals surface area contributed by atoms with Gasteiger partial charge in [0.25, 0.3) is 0 Å². The van der Waals surface area contributed by atoms with Crippen LogP contribution < -0.4 is 0 Å². The highest BCUT2D eigenvalue weighted by Gasteiger charge is 2.68. The number of aliphatic hydroxyl groups is 1. The van der Waals surface area contributed by atoms with Gasteiger partial charge in [-0.1, -0.05) is 26.3 Å². The molecule has 3 saturated carbocycles. The van der Waals surface area contributed by atoms with Crippen molar-refractivity contribution < 1.29 is 29.0 Å². The van der Waals surface area contributed by atoms with Crippen LogP contribution in [-0.2, 0) is 23.9 Å². The minimum Gasteiger partial charge on any atom is -0.458 e. The molecule has 0 aromatic heterocycles. The minimum absolute atomic E-state index is 0.0535. The Kier molecular flexibility index (Phi) is 4.88. The summed E-state index contributed by atoms with van der Waals surface area (Å²) < 4.78 is 4.88. The zero-order valence-electron chi connectivity index (χ0n) is 18.3. The molecule has 0 unspecified atom stereocenters. The van der Waals surface area contributed by atoms with Gasteiger partial charge in [-0.15, -0.1) is 0 Å². The summed E-state index contributed by atoms with van der Waals surface area (Å²) in [6.45, 7) is 6.71. The lowest BCUT2D eigenvalue weighted by Gasteiger charge is -2.58. The minimum atomic E-state index is -1.65. The lowest BCUT2D eigenvalue weighted by Crippen LogP contribution is -2.61. The molecule has 4 aliphatic rings. The first kappa shape index (κ1) is 21.4. The van der Waals surface area contributed by atoms with Gasteiger partial charge < -0.3 is 9.84 Å². The summed E-state index contributed by atoms with van der Waals surface area (Å²) >= 11 is 0. The zero-order valence-corrected chi connectivity index (χ0v) is 18.3. The van der Waals surface area contributed by atoms with Gasteiger partial charge in [0.1, 0.15) is 11.4 Å². The number of ketones is 3. The van der Waals surface area contributed by atoms with Gasteiger partial charge in [0.15, 0.2) is 12.4 Å². The first-order valence-corrected chi connectivity index (χ1v) is 11.1. The molecule has 4 rings (SSSR count). The SMILES string of the molecule is CC(=O)OCC(=O)[C@@]1(O)CC[C@H]2[C@@H]3CCC4=CC(=O)[C@@H](C)C[C@]4(C)[C@H]3C(=O)C[C@@]21C. The second kappa shape index (κ2) is 6.84. The maximum Gasteiger partial charge on any atom is 0.303 e. The molecule has 3 fully saturated rings. The monoisotopic (exact) mass is 416 g/mol. The Morgan fingerprint density at radius 2 is 1.93 bits per heavy atom. The van der Waals surface area contributed by atoms with E-state index in [0.29, 0.717) is 19.3 Å². The Bertz CT molecular complexity index is 858. The van der Waals surface area contributed by atoms with Crippen molar-refractivity contribution in [3.8, 4) is 0 Å². The molecule has 0 radical (unpaired) electrons. The molecular formula is C24H32O6. The number of carbonyl (C=O) groups is 4. The summed E-state index contributed by atoms with van der Waals surface area (Å²) in [7, 11) is 0. The Hall–Kier alpha value is -1.82. The molecular weight excluding hydrogens is 384 g/mol. The van der Waals surface area contributed by atoms with Crippen molar-refractivity contribution in [2.75, 3.05) is 6.61 Å². The molecule has 0 spiro atoms. The number of carbonyl (C=O) groups excluding carboxylic acids is 4. The average Bonchev–Trinajstić information content (AvgIpc) is 2.92. The molecule has 164 valence electrons. The quantitative estimate of drug-likeness (QED) is 0.711. The van der Waals surface area contributed by atoms with Crippen molar-refractivity contribution in [1.82, 2.24) is 0 Å². The Morgan fingerprint density at radius 1 is 1.23 bits per heavy atom. The number of esters is 1. The van der Waals surface area contributed by atoms with Gasteiger partial charge in [-0.05, 0) is 55.4 Å². The fourth-order valence-electron chi connectivity index (χ4n) is 7.48. The van der Waals surface area contributed by atoms with Gasteiger partial charge in [-0.3, -0.25) is 19.2 Å². The molecule has 6 heteroatoms. The zero-order chi connectivity index (χ0) is 22.1. The smallest absolute Gasteiger partial charge is 0.303 e. The van der Waals surface area contributed by atoms with Gasteiger partial charge in [0.2, 0.25) is 5.78 Å². The van der Waals surface area contributed by atoms with Crippen molar-refractivity contribution in [3.05, 3.63) is 11.6 Å². The first-order valence-electron chi connectivity index (χ1n) is 11.1. The van der Waals surface area contributed by atoms with Crippen LogP contribution in [0.5, 0.6) is 0 Å². The highest BCUT2D eigenvalue weighted by molar-refractivity contribution is 5.95. The third kappa shape index (κ3) is 2.79. The fourth-order valence-corrected chi connectivity index (χ4v) is 7.48. The summed E-state index contributed by atoms with van der Waals surface area (Å²) in [5, 5.41) is 11.5. The van der Waals surface area contributed by atoms with Crippen LogP contribution >= 0.6 is 0 Å². The molecule has 7 atom stereocenters. The third-order valence-electron chi connectivity index (χ3n) is 8.98. The van der Waals surface area contributed by atoms with E-state index in [1.807, 2.05) is 13.8 Å². The van der Waals surface area contributed by atoms with Crippen molar-refractivity contribution in [3.63, 3.8) is 0 Å². The number of hydrogen-bond donors (Lipinski definition) is 1. The largest absolute Gasteiger partial charge is 0.458 e. The van der Waals surface area contributed by atoms with E-state index in [4.69, 9.17) is 4.74 Å². The maximum atomic E-state index is 13.6. The molecule has 30 heavy (non-hydrogen) atoms. The lowest BCUT2D eigenvalue weighted by atomic mass is 9.45. The number of ether oxygens (including phenoxy) is 1. The van der Waals surface area contributed by atoms with Gasteiger partial charge >= 0.3 is 5.97 Å². The fraction of sp³-hybridized carbons (Fsp3) is 0.750. The van der Waals surface area contributed by atoms with Gasteiger partial charge in [0.05, 0.1) is 0 Å². The van der Waals surface area contributed by atoms with Crippen molar-refractivity contribution in [1.29, 1.82) is 0 Å². The molecule has 0 amide bonds. The number of fused-ring (bicyclic) bond motifs is 5. The van der Waals surface area contributed by atoms with Crippen molar-refractivity contribution in [2.45, 2.75) is 71.8 Å². The van der Waals surface area contributed by atoms with E-state index in [2.05, 4.69) is 6.92 Å². The number of rotatable bonds is 3. The van der Waals surface area contributed by atoms with Crippen LogP contribution in [0, 0.1) is 34.5 Å². The van der Waals surface area contributed by atoms with E-state index >= 15 is 0 Å². The molecule has 4 aliphatic carbocycles. The second-order valence-corrected chi connectivity index (χ2v) is 10.5. The molecule has 6 nitrogen and oxygen atoms in total. The van der Waals surface area contributed by atoms with Gasteiger partial charge in [0, 0.05) is 30.6 Å². The lowest BCUT2D eigenvalue weighted by molar-refractivity contribution is -0.173. The van der Waals surface area contributed by atoms with Crippen LogP contribution in [0.15, 0.2) is 11.6 Å². The van der Waals surface area contributed by atoms with Gasteiger partial charge in [-0.25, -0.2) is 0 Å². The third-order valence-corrected chi connectivity index (χ3v) is 8.98. The maximum absolute atomic E-state index is 13.6. The number of Topliss-reactive ketones (excluding diaryl/α,β-unsaturated/α-hetero) is 2. The normalized spacial score (nSPS) is 45.2. The molecule has 1 N–H and O–H groups in total. The summed E-state index contributed by atoms with van der Waals surface area (Å²) in [6.07, 6.45) is 5.16. The standard InChI is InChI=1S/C24H32O6/c1-13-10-22(3)15(9-18(13)26)5-6-16-17-7-8-24(29,20(28)12-30-14(2)25)23(17,4)11-19(27)21(16)22/h9,13,16-17,21,29H,5-8,10-12H2,1-4H3/t13-,16-,17-,21+,22-,23-,24-/m0/s1. The van der Waals surface area contributed by atoms with E-state index in [9.17, 15) is 24.3 Å². The highest BCUT2D eigenvalue weighted by atomic mass is 16.5. The Balaban J connectivity index is 1.67. The predicted molar refractivity (Wildman–Crippen MR) is 108 cm³/mol. The van der Waals surface area contributed by atoms with E-state index < -0.39 is 29.4 Å². The summed E-state index contributed by atoms with van der Waals surface area (Å²) in [5.41, 5.74) is -1.73. The predicted octanol–water partition coefficient (Wildman–Crippen LogP) is 2.81. The van der Waals surface area contributed by atoms with Crippen LogP contribution in [0.4, 0.5) is 0 Å². The number of hydrogen-bond acceptors (Lipinski definition) is 6. The summed E-state index contributed by atoms with van der Waals surface area (Å²) in [5.74, 6) is -0.941. The van der Waals surface area contributed by atoms with Crippen LogP contribution in [0.3, 0.4) is 0 Å². The second-order valence-electron chi connectivity index (χ2n) is 10.5. The molecule has 0 bridgehead atoms. The van der Waals surface area contributed by atoms with Crippen molar-refractivity contribution >= 4 is 23.3 Å². The van der Waals surface area contributed by atoms with Crippen LogP contribution in [0.1, 0.15) is 66.2 Å². The summed E-state index contributed by atoms with van der Waals surface area (Å²) in [4.78, 5) is 49.9. The molecule has 0 heterocycles. The van der Waals surface area contributed by atoms with E-state index in [1.165, 1.54) is 6.92 Å². The Labute approximate surface area is 177 Å². The number of allylic oxidation sites excluding steroid dienone is 1. The van der Waals surface area contributed by atoms with Crippen molar-refractivity contribution in [2.24, 2.45) is 34.5 Å². The van der Waals surface area contributed by atoms with Crippen LogP contribution in [0.2, 0.25) is 0 Å². The van der Waals surface area contributed by atoms with Crippen LogP contribution in [-0.4, -0.2) is 40.6 Å².